The molecule has 3 rings (SSSR count). The van der Waals surface area contributed by atoms with Crippen LogP contribution in [0, 0.1) is 0 Å². The van der Waals surface area contributed by atoms with Gasteiger partial charge in [-0.3, -0.25) is 4.90 Å². The predicted octanol–water partition coefficient (Wildman–Crippen LogP) is 3.68. The van der Waals surface area contributed by atoms with Crippen molar-refractivity contribution >= 4 is 6.08 Å². The van der Waals surface area contributed by atoms with Crippen LogP contribution in [0.1, 0.15) is 24.0 Å². The molecule has 2 aromatic carbocycles. The third-order valence-corrected chi connectivity index (χ3v) is 4.47. The van der Waals surface area contributed by atoms with Gasteiger partial charge in [0.15, 0.2) is 0 Å². The minimum Gasteiger partial charge on any atom is -0.385 e. The van der Waals surface area contributed by atoms with Crippen molar-refractivity contribution in [3.63, 3.8) is 0 Å². The van der Waals surface area contributed by atoms with E-state index in [1.807, 2.05) is 36.4 Å². The monoisotopic (exact) mass is 293 g/mol. The largest absolute Gasteiger partial charge is 0.385 e. The van der Waals surface area contributed by atoms with Crippen molar-refractivity contribution in [3.8, 4) is 0 Å². The Bertz CT molecular complexity index is 598. The third kappa shape index (κ3) is 3.65. The molecule has 1 heterocycles. The highest BCUT2D eigenvalue weighted by atomic mass is 16.3. The van der Waals surface area contributed by atoms with Crippen LogP contribution in [0.2, 0.25) is 0 Å². The van der Waals surface area contributed by atoms with Gasteiger partial charge in [0, 0.05) is 19.6 Å². The van der Waals surface area contributed by atoms with Crippen molar-refractivity contribution in [2.45, 2.75) is 18.4 Å². The van der Waals surface area contributed by atoms with Crippen LogP contribution in [0.15, 0.2) is 66.7 Å². The molecule has 1 saturated heterocycles. The van der Waals surface area contributed by atoms with E-state index in [0.29, 0.717) is 0 Å². The molecular weight excluding hydrogens is 270 g/mol. The summed E-state index contributed by atoms with van der Waals surface area (Å²) in [5.41, 5.74) is 1.63. The minimum absolute atomic E-state index is 0.652. The number of nitrogens with zero attached hydrogens (tertiary/aromatic N) is 1. The van der Waals surface area contributed by atoms with Gasteiger partial charge in [0.25, 0.3) is 0 Å². The molecule has 0 saturated carbocycles. The topological polar surface area (TPSA) is 23.5 Å². The van der Waals surface area contributed by atoms with E-state index in [9.17, 15) is 5.11 Å². The van der Waals surface area contributed by atoms with E-state index in [1.54, 1.807) is 0 Å². The van der Waals surface area contributed by atoms with Gasteiger partial charge in [0.05, 0.1) is 5.60 Å². The summed E-state index contributed by atoms with van der Waals surface area (Å²) in [5.74, 6) is 0. The molecule has 0 unspecified atom stereocenters. The fraction of sp³-hybridized carbons (Fsp3) is 0.300. The van der Waals surface area contributed by atoms with E-state index in [0.717, 1.165) is 38.0 Å². The number of piperidine rings is 1. The highest BCUT2D eigenvalue weighted by Gasteiger charge is 2.33. The Hall–Kier alpha value is -1.90. The van der Waals surface area contributed by atoms with Crippen molar-refractivity contribution in [2.24, 2.45) is 0 Å². The second-order valence-electron chi connectivity index (χ2n) is 6.01. The molecule has 2 nitrogen and oxygen atoms in total. The van der Waals surface area contributed by atoms with Gasteiger partial charge in [-0.2, -0.15) is 0 Å². The second kappa shape index (κ2) is 6.91. The van der Waals surface area contributed by atoms with Crippen LogP contribution in [0.3, 0.4) is 0 Å². The van der Waals surface area contributed by atoms with E-state index >= 15 is 0 Å². The molecule has 0 radical (unpaired) electrons. The fourth-order valence-corrected chi connectivity index (χ4v) is 3.04. The molecule has 0 spiro atoms. The number of rotatable bonds is 4. The minimum atomic E-state index is -0.652. The Kier molecular flexibility index (Phi) is 4.71. The van der Waals surface area contributed by atoms with Crippen LogP contribution < -0.4 is 0 Å². The van der Waals surface area contributed by atoms with Crippen LogP contribution in [0.25, 0.3) is 6.08 Å². The van der Waals surface area contributed by atoms with Gasteiger partial charge in [-0.25, -0.2) is 0 Å². The molecule has 0 aliphatic carbocycles. The average molecular weight is 293 g/mol. The van der Waals surface area contributed by atoms with Gasteiger partial charge in [-0.15, -0.1) is 0 Å². The Balaban J connectivity index is 1.53. The van der Waals surface area contributed by atoms with Gasteiger partial charge in [-0.05, 0) is 24.0 Å². The summed E-state index contributed by atoms with van der Waals surface area (Å²) >= 11 is 0. The van der Waals surface area contributed by atoms with Crippen LogP contribution >= 0.6 is 0 Å². The first-order valence-electron chi connectivity index (χ1n) is 7.98. The van der Waals surface area contributed by atoms with Gasteiger partial charge in [-0.1, -0.05) is 72.8 Å². The molecule has 0 bridgehead atoms. The van der Waals surface area contributed by atoms with Gasteiger partial charge < -0.3 is 5.11 Å². The fourth-order valence-electron chi connectivity index (χ4n) is 3.04. The lowest BCUT2D eigenvalue weighted by Crippen LogP contribution is -2.42. The van der Waals surface area contributed by atoms with Crippen molar-refractivity contribution in [3.05, 3.63) is 77.9 Å². The normalized spacial score (nSPS) is 18.6. The summed E-state index contributed by atoms with van der Waals surface area (Å²) in [4.78, 5) is 2.40. The van der Waals surface area contributed by atoms with Crippen molar-refractivity contribution < 1.29 is 5.11 Å². The summed E-state index contributed by atoms with van der Waals surface area (Å²) in [6.07, 6.45) is 5.98. The first kappa shape index (κ1) is 15.0. The van der Waals surface area contributed by atoms with Crippen LogP contribution in [-0.2, 0) is 5.60 Å². The molecule has 114 valence electrons. The lowest BCUT2D eigenvalue weighted by atomic mass is 9.84. The molecule has 1 aliphatic rings. The predicted molar refractivity (Wildman–Crippen MR) is 91.5 cm³/mol. The Morgan fingerprint density at radius 2 is 1.50 bits per heavy atom. The summed E-state index contributed by atoms with van der Waals surface area (Å²) < 4.78 is 0. The Morgan fingerprint density at radius 3 is 2.14 bits per heavy atom. The van der Waals surface area contributed by atoms with Gasteiger partial charge in [0.1, 0.15) is 0 Å². The summed E-state index contributed by atoms with van der Waals surface area (Å²) in [6, 6.07) is 20.4. The highest BCUT2D eigenvalue weighted by molar-refractivity contribution is 5.48. The van der Waals surface area contributed by atoms with E-state index in [4.69, 9.17) is 0 Å². The highest BCUT2D eigenvalue weighted by Crippen LogP contribution is 2.32. The third-order valence-electron chi connectivity index (χ3n) is 4.47. The van der Waals surface area contributed by atoms with Gasteiger partial charge >= 0.3 is 0 Å². The van der Waals surface area contributed by atoms with Crippen LogP contribution in [-0.4, -0.2) is 29.6 Å². The second-order valence-corrected chi connectivity index (χ2v) is 6.01. The Morgan fingerprint density at radius 1 is 0.909 bits per heavy atom. The number of likely N-dealkylation sites (tertiary alicyclic amines) is 1. The molecule has 22 heavy (non-hydrogen) atoms. The van der Waals surface area contributed by atoms with E-state index < -0.39 is 5.60 Å². The number of aliphatic hydroxyl groups is 1. The smallest absolute Gasteiger partial charge is 0.0920 e. The maximum absolute atomic E-state index is 10.8. The maximum Gasteiger partial charge on any atom is 0.0920 e. The molecule has 0 atom stereocenters. The number of hydrogen-bond acceptors (Lipinski definition) is 2. The maximum atomic E-state index is 10.8. The summed E-state index contributed by atoms with van der Waals surface area (Å²) in [6.45, 7) is 2.81. The first-order chi connectivity index (χ1) is 10.8. The number of benzene rings is 2. The zero-order chi connectivity index (χ0) is 15.3. The zero-order valence-electron chi connectivity index (χ0n) is 12.9. The SMILES string of the molecule is OC1(c2ccccc2)CCN(C/C=C/c2ccccc2)CC1. The number of hydrogen-bond donors (Lipinski definition) is 1. The molecular formula is C20H23NO. The molecule has 2 aromatic rings. The first-order valence-corrected chi connectivity index (χ1v) is 7.98. The van der Waals surface area contributed by atoms with Crippen molar-refractivity contribution in [1.82, 2.24) is 4.90 Å². The molecule has 1 fully saturated rings. The van der Waals surface area contributed by atoms with Crippen molar-refractivity contribution in [1.29, 1.82) is 0 Å². The standard InChI is InChI=1S/C20H23NO/c22-20(19-11-5-2-6-12-19)13-16-21(17-14-20)15-7-10-18-8-3-1-4-9-18/h1-12,22H,13-17H2/b10-7+. The summed E-state index contributed by atoms with van der Waals surface area (Å²) in [7, 11) is 0. The average Bonchev–Trinajstić information content (AvgIpc) is 2.59. The molecule has 1 aliphatic heterocycles. The zero-order valence-corrected chi connectivity index (χ0v) is 12.9. The molecule has 0 aromatic heterocycles. The quantitative estimate of drug-likeness (QED) is 0.929. The lowest BCUT2D eigenvalue weighted by Gasteiger charge is -2.38. The van der Waals surface area contributed by atoms with E-state index in [-0.39, 0.29) is 0 Å². The van der Waals surface area contributed by atoms with Crippen molar-refractivity contribution in [2.75, 3.05) is 19.6 Å². The lowest BCUT2D eigenvalue weighted by molar-refractivity contribution is -0.0233. The van der Waals surface area contributed by atoms with Crippen LogP contribution in [0.5, 0.6) is 0 Å². The van der Waals surface area contributed by atoms with E-state index in [2.05, 4.69) is 41.3 Å². The molecule has 1 N–H and O–H groups in total. The van der Waals surface area contributed by atoms with E-state index in [1.165, 1.54) is 5.56 Å². The molecule has 2 heteroatoms. The van der Waals surface area contributed by atoms with Crippen LogP contribution in [0.4, 0.5) is 0 Å². The molecule has 0 amide bonds. The Labute approximate surface area is 132 Å². The van der Waals surface area contributed by atoms with Gasteiger partial charge in [0.2, 0.25) is 0 Å². The summed E-state index contributed by atoms with van der Waals surface area (Å²) in [5, 5.41) is 10.8.